The van der Waals surface area contributed by atoms with Crippen molar-refractivity contribution in [1.82, 2.24) is 0 Å². The highest BCUT2D eigenvalue weighted by atomic mass is 35.5. The number of nitrogens with zero attached hydrogens (tertiary/aromatic N) is 1. The largest absolute Gasteiger partial charge is 0.493 e. The third kappa shape index (κ3) is 2.09. The Hall–Kier alpha value is -1.51. The Morgan fingerprint density at radius 2 is 2.22 bits per heavy atom. The molecule has 1 aromatic rings. The van der Waals surface area contributed by atoms with Gasteiger partial charge in [-0.2, -0.15) is 4.99 Å². The van der Waals surface area contributed by atoms with Crippen LogP contribution in [-0.4, -0.2) is 19.8 Å². The van der Waals surface area contributed by atoms with Gasteiger partial charge >= 0.3 is 0 Å². The first-order chi connectivity index (χ1) is 8.68. The van der Waals surface area contributed by atoms with Gasteiger partial charge < -0.3 is 9.47 Å². The molecule has 0 radical (unpaired) electrons. The van der Waals surface area contributed by atoms with E-state index in [-0.39, 0.29) is 0 Å². The molecule has 4 nitrogen and oxygen atoms in total. The Labute approximate surface area is 111 Å². The quantitative estimate of drug-likeness (QED) is 0.608. The lowest BCUT2D eigenvalue weighted by Crippen LogP contribution is -2.09. The molecule has 0 atom stereocenters. The first-order valence-corrected chi connectivity index (χ1v) is 6.15. The van der Waals surface area contributed by atoms with Crippen LogP contribution < -0.4 is 9.47 Å². The number of rotatable bonds is 5. The fourth-order valence-electron chi connectivity index (χ4n) is 2.04. The molecule has 0 amide bonds. The number of halogens is 1. The van der Waals surface area contributed by atoms with Gasteiger partial charge in [0.15, 0.2) is 11.5 Å². The minimum atomic E-state index is -0.572. The van der Waals surface area contributed by atoms with Crippen molar-refractivity contribution in [2.45, 2.75) is 25.3 Å². The molecule has 0 aromatic heterocycles. The lowest BCUT2D eigenvalue weighted by atomic mass is 10.0. The van der Waals surface area contributed by atoms with Crippen LogP contribution in [0, 0.1) is 0 Å². The zero-order chi connectivity index (χ0) is 13.2. The molecule has 0 aliphatic heterocycles. The van der Waals surface area contributed by atoms with E-state index >= 15 is 0 Å². The third-order valence-corrected chi connectivity index (χ3v) is 3.34. The number of aliphatic imine (C=N–C) groups is 1. The van der Waals surface area contributed by atoms with Crippen molar-refractivity contribution in [2.75, 3.05) is 13.7 Å². The molecular weight excluding hydrogens is 254 g/mol. The van der Waals surface area contributed by atoms with E-state index in [9.17, 15) is 4.79 Å². The summed E-state index contributed by atoms with van der Waals surface area (Å²) >= 11 is 6.23. The predicted octanol–water partition coefficient (Wildman–Crippen LogP) is 3.07. The molecular formula is C13H14ClNO3. The zero-order valence-electron chi connectivity index (χ0n) is 10.3. The van der Waals surface area contributed by atoms with E-state index in [1.54, 1.807) is 25.3 Å². The SMILES string of the molecule is CCOc1c(OC)ccc(Cl)c1C1(N=C=O)CC1. The Morgan fingerprint density at radius 3 is 2.72 bits per heavy atom. The minimum Gasteiger partial charge on any atom is -0.493 e. The molecule has 1 aliphatic carbocycles. The molecule has 0 spiro atoms. The Kier molecular flexibility index (Phi) is 3.60. The minimum absolute atomic E-state index is 0.491. The standard InChI is InChI=1S/C13H14ClNO3/c1-3-18-12-10(17-2)5-4-9(14)11(12)13(6-7-13)15-8-16/h4-5H,3,6-7H2,1-2H3. The molecule has 0 unspecified atom stereocenters. The van der Waals surface area contributed by atoms with E-state index in [0.29, 0.717) is 23.1 Å². The number of isocyanates is 1. The van der Waals surface area contributed by atoms with Crippen LogP contribution in [0.3, 0.4) is 0 Å². The van der Waals surface area contributed by atoms with Crippen molar-refractivity contribution in [2.24, 2.45) is 4.99 Å². The van der Waals surface area contributed by atoms with Gasteiger partial charge in [0.1, 0.15) is 5.54 Å². The maximum atomic E-state index is 10.6. The molecule has 0 heterocycles. The summed E-state index contributed by atoms with van der Waals surface area (Å²) in [6.07, 6.45) is 3.17. The van der Waals surface area contributed by atoms with Gasteiger partial charge in [-0.25, -0.2) is 4.79 Å². The summed E-state index contributed by atoms with van der Waals surface area (Å²) in [5.74, 6) is 1.17. The molecule has 5 heteroatoms. The average molecular weight is 268 g/mol. The van der Waals surface area contributed by atoms with Crippen LogP contribution >= 0.6 is 11.6 Å². The van der Waals surface area contributed by atoms with E-state index in [4.69, 9.17) is 21.1 Å². The molecule has 1 fully saturated rings. The van der Waals surface area contributed by atoms with E-state index in [2.05, 4.69) is 4.99 Å². The maximum absolute atomic E-state index is 10.6. The second-order valence-corrected chi connectivity index (χ2v) is 4.53. The molecule has 96 valence electrons. The number of benzene rings is 1. The van der Waals surface area contributed by atoms with Crippen LogP contribution in [0.15, 0.2) is 17.1 Å². The highest BCUT2D eigenvalue weighted by Gasteiger charge is 2.49. The Morgan fingerprint density at radius 1 is 1.50 bits per heavy atom. The highest BCUT2D eigenvalue weighted by Crippen LogP contribution is 2.56. The number of carbonyl (C=O) groups excluding carboxylic acids is 1. The second-order valence-electron chi connectivity index (χ2n) is 4.12. The second kappa shape index (κ2) is 5.01. The summed E-state index contributed by atoms with van der Waals surface area (Å²) in [4.78, 5) is 14.5. The van der Waals surface area contributed by atoms with Crippen LogP contribution in [-0.2, 0) is 10.3 Å². The lowest BCUT2D eigenvalue weighted by molar-refractivity contribution is 0.305. The molecule has 0 N–H and O–H groups in total. The van der Waals surface area contributed by atoms with Crippen molar-refractivity contribution in [3.63, 3.8) is 0 Å². The topological polar surface area (TPSA) is 47.9 Å². The van der Waals surface area contributed by atoms with Gasteiger partial charge in [0, 0.05) is 5.56 Å². The van der Waals surface area contributed by atoms with E-state index in [0.717, 1.165) is 18.4 Å². The summed E-state index contributed by atoms with van der Waals surface area (Å²) in [6.45, 7) is 2.37. The van der Waals surface area contributed by atoms with Gasteiger partial charge in [0.05, 0.1) is 18.7 Å². The fourth-order valence-corrected chi connectivity index (χ4v) is 2.37. The molecule has 1 aromatic carbocycles. The lowest BCUT2D eigenvalue weighted by Gasteiger charge is -2.18. The first kappa shape index (κ1) is 12.9. The summed E-state index contributed by atoms with van der Waals surface area (Å²) in [7, 11) is 1.57. The summed E-state index contributed by atoms with van der Waals surface area (Å²) in [5.41, 5.74) is 0.159. The third-order valence-electron chi connectivity index (χ3n) is 3.03. The molecule has 18 heavy (non-hydrogen) atoms. The van der Waals surface area contributed by atoms with Crippen molar-refractivity contribution in [1.29, 1.82) is 0 Å². The van der Waals surface area contributed by atoms with Crippen LogP contribution in [0.4, 0.5) is 0 Å². The summed E-state index contributed by atoms with van der Waals surface area (Å²) < 4.78 is 10.9. The first-order valence-electron chi connectivity index (χ1n) is 5.77. The Bertz CT molecular complexity index is 505. The predicted molar refractivity (Wildman–Crippen MR) is 68.2 cm³/mol. The summed E-state index contributed by atoms with van der Waals surface area (Å²) in [6, 6.07) is 3.48. The molecule has 1 saturated carbocycles. The van der Waals surface area contributed by atoms with Gasteiger partial charge in [-0.3, -0.25) is 0 Å². The fraction of sp³-hybridized carbons (Fsp3) is 0.462. The van der Waals surface area contributed by atoms with Gasteiger partial charge in [0.25, 0.3) is 0 Å². The molecule has 0 saturated heterocycles. The molecule has 1 aliphatic rings. The van der Waals surface area contributed by atoms with E-state index in [1.807, 2.05) is 6.92 Å². The normalized spacial score (nSPS) is 15.7. The molecule has 2 rings (SSSR count). The number of hydrogen-bond donors (Lipinski definition) is 0. The van der Waals surface area contributed by atoms with Crippen LogP contribution in [0.5, 0.6) is 11.5 Å². The van der Waals surface area contributed by atoms with Crippen molar-refractivity contribution in [3.05, 3.63) is 22.7 Å². The van der Waals surface area contributed by atoms with Crippen LogP contribution in [0.2, 0.25) is 5.02 Å². The van der Waals surface area contributed by atoms with Crippen molar-refractivity contribution in [3.8, 4) is 11.5 Å². The van der Waals surface area contributed by atoms with Gasteiger partial charge in [0.2, 0.25) is 6.08 Å². The van der Waals surface area contributed by atoms with E-state index < -0.39 is 5.54 Å². The number of methoxy groups -OCH3 is 1. The van der Waals surface area contributed by atoms with Gasteiger partial charge in [-0.05, 0) is 31.9 Å². The van der Waals surface area contributed by atoms with Crippen LogP contribution in [0.25, 0.3) is 0 Å². The maximum Gasteiger partial charge on any atom is 0.235 e. The smallest absolute Gasteiger partial charge is 0.235 e. The summed E-state index contributed by atoms with van der Waals surface area (Å²) in [5, 5.41) is 0.538. The highest BCUT2D eigenvalue weighted by molar-refractivity contribution is 6.31. The Balaban J connectivity index is 2.60. The average Bonchev–Trinajstić information content (AvgIpc) is 3.11. The molecule has 0 bridgehead atoms. The number of hydrogen-bond acceptors (Lipinski definition) is 4. The monoisotopic (exact) mass is 267 g/mol. The van der Waals surface area contributed by atoms with Crippen molar-refractivity contribution >= 4 is 17.7 Å². The number of ether oxygens (including phenoxy) is 2. The van der Waals surface area contributed by atoms with Gasteiger partial charge in [-0.15, -0.1) is 0 Å². The van der Waals surface area contributed by atoms with Crippen LogP contribution in [0.1, 0.15) is 25.3 Å². The van der Waals surface area contributed by atoms with Crippen molar-refractivity contribution < 1.29 is 14.3 Å². The zero-order valence-corrected chi connectivity index (χ0v) is 11.1. The van der Waals surface area contributed by atoms with Gasteiger partial charge in [-0.1, -0.05) is 11.6 Å². The van der Waals surface area contributed by atoms with E-state index in [1.165, 1.54) is 0 Å².